The maximum atomic E-state index is 14.3. The fourth-order valence-corrected chi connectivity index (χ4v) is 7.28. The SMILES string of the molecule is CC(C)(C)OC(=O)N[C@H]1CCCCCC=C[C@@H]2C[C@@]2(C(=O)N[S@](=O)C(C)(C)C)NC(=O)[C@@H]2C[C@@H](OC(=O)N3Cc4ccccc4C3)CN2C1=O. The van der Waals surface area contributed by atoms with Gasteiger partial charge in [0.1, 0.15) is 40.3 Å². The highest BCUT2D eigenvalue weighted by Crippen LogP contribution is 2.46. The Kier molecular flexibility index (Phi) is 11.0. The van der Waals surface area contributed by atoms with Crippen molar-refractivity contribution in [2.24, 2.45) is 5.92 Å². The summed E-state index contributed by atoms with van der Waals surface area (Å²) in [7, 11) is -1.72. The Morgan fingerprint density at radius 2 is 1.68 bits per heavy atom. The molecule has 0 aromatic heterocycles. The Morgan fingerprint density at radius 1 is 1.00 bits per heavy atom. The number of fused-ring (bicyclic) bond motifs is 3. The normalized spacial score (nSPS) is 27.8. The molecule has 1 aromatic rings. The van der Waals surface area contributed by atoms with E-state index in [4.69, 9.17) is 9.47 Å². The molecule has 4 aliphatic rings. The molecule has 0 bridgehead atoms. The first-order chi connectivity index (χ1) is 23.5. The molecule has 0 unspecified atom stereocenters. The molecule has 50 heavy (non-hydrogen) atoms. The second kappa shape index (κ2) is 14.7. The highest BCUT2D eigenvalue weighted by molar-refractivity contribution is 7.85. The maximum absolute atomic E-state index is 14.3. The second-order valence-electron chi connectivity index (χ2n) is 15.7. The summed E-state index contributed by atoms with van der Waals surface area (Å²) >= 11 is 0. The minimum Gasteiger partial charge on any atom is -0.444 e. The molecule has 0 spiro atoms. The van der Waals surface area contributed by atoms with E-state index in [-0.39, 0.29) is 18.9 Å². The van der Waals surface area contributed by atoms with Gasteiger partial charge in [-0.15, -0.1) is 0 Å². The van der Waals surface area contributed by atoms with Gasteiger partial charge in [-0.05, 0) is 78.4 Å². The summed E-state index contributed by atoms with van der Waals surface area (Å²) < 4.78 is 26.2. The predicted molar refractivity (Wildman–Crippen MR) is 186 cm³/mol. The topological polar surface area (TPSA) is 163 Å². The lowest BCUT2D eigenvalue weighted by atomic mass is 10.0. The lowest BCUT2D eigenvalue weighted by molar-refractivity contribution is -0.141. The predicted octanol–water partition coefficient (Wildman–Crippen LogP) is 3.98. The number of carbonyl (C=O) groups excluding carboxylic acids is 5. The van der Waals surface area contributed by atoms with Crippen LogP contribution < -0.4 is 15.4 Å². The van der Waals surface area contributed by atoms with Gasteiger partial charge in [0.15, 0.2) is 0 Å². The highest BCUT2D eigenvalue weighted by Gasteiger charge is 2.61. The first-order valence-corrected chi connectivity index (χ1v) is 18.7. The van der Waals surface area contributed by atoms with Gasteiger partial charge >= 0.3 is 12.2 Å². The van der Waals surface area contributed by atoms with E-state index in [9.17, 15) is 28.2 Å². The molecule has 5 rings (SSSR count). The number of benzene rings is 1. The van der Waals surface area contributed by atoms with E-state index >= 15 is 0 Å². The fraction of sp³-hybridized carbons (Fsp3) is 0.639. The molecule has 1 saturated heterocycles. The van der Waals surface area contributed by atoms with Crippen molar-refractivity contribution < 1.29 is 37.7 Å². The highest BCUT2D eigenvalue weighted by atomic mass is 32.2. The summed E-state index contributed by atoms with van der Waals surface area (Å²) in [6, 6.07) is 5.64. The van der Waals surface area contributed by atoms with Gasteiger partial charge in [-0.25, -0.2) is 13.8 Å². The molecule has 13 nitrogen and oxygen atoms in total. The third-order valence-corrected chi connectivity index (χ3v) is 10.9. The first kappa shape index (κ1) is 37.3. The summed E-state index contributed by atoms with van der Waals surface area (Å²) in [5.41, 5.74) is -0.0968. The van der Waals surface area contributed by atoms with Crippen molar-refractivity contribution in [3.63, 3.8) is 0 Å². The number of alkyl carbamates (subject to hydrolysis) is 1. The van der Waals surface area contributed by atoms with Gasteiger partial charge in [-0.2, -0.15) is 0 Å². The summed E-state index contributed by atoms with van der Waals surface area (Å²) in [6.45, 7) is 11.1. The molecule has 0 radical (unpaired) electrons. The number of carbonyl (C=O) groups is 5. The van der Waals surface area contributed by atoms with Crippen LogP contribution in [0.5, 0.6) is 0 Å². The number of amides is 5. The third kappa shape index (κ3) is 8.85. The van der Waals surface area contributed by atoms with Crippen LogP contribution in [0.15, 0.2) is 36.4 Å². The number of hydrogen-bond donors (Lipinski definition) is 3. The minimum absolute atomic E-state index is 0.00458. The van der Waals surface area contributed by atoms with Crippen molar-refractivity contribution in [2.45, 2.75) is 134 Å². The molecule has 3 heterocycles. The van der Waals surface area contributed by atoms with E-state index in [1.807, 2.05) is 36.4 Å². The van der Waals surface area contributed by atoms with Crippen molar-refractivity contribution in [3.8, 4) is 0 Å². The van der Waals surface area contributed by atoms with Gasteiger partial charge in [-0.1, -0.05) is 49.3 Å². The zero-order chi connectivity index (χ0) is 36.4. The van der Waals surface area contributed by atoms with E-state index < -0.39 is 75.0 Å². The molecule has 274 valence electrons. The number of rotatable bonds is 4. The van der Waals surface area contributed by atoms with Crippen molar-refractivity contribution >= 4 is 40.9 Å². The van der Waals surface area contributed by atoms with Crippen LogP contribution in [-0.4, -0.2) is 84.5 Å². The number of ether oxygens (including phenoxy) is 2. The van der Waals surface area contributed by atoms with Crippen LogP contribution in [0.3, 0.4) is 0 Å². The van der Waals surface area contributed by atoms with Crippen LogP contribution in [0.1, 0.15) is 97.6 Å². The van der Waals surface area contributed by atoms with Gasteiger partial charge in [0.2, 0.25) is 11.8 Å². The fourth-order valence-electron chi connectivity index (χ4n) is 6.62. The van der Waals surface area contributed by atoms with Crippen LogP contribution in [0.2, 0.25) is 0 Å². The molecular weight excluding hydrogens is 662 g/mol. The lowest BCUT2D eigenvalue weighted by Gasteiger charge is -2.30. The number of nitrogens with zero attached hydrogens (tertiary/aromatic N) is 2. The van der Waals surface area contributed by atoms with Crippen molar-refractivity contribution in [2.75, 3.05) is 6.54 Å². The Bertz CT molecular complexity index is 1530. The van der Waals surface area contributed by atoms with E-state index in [0.29, 0.717) is 32.4 Å². The van der Waals surface area contributed by atoms with E-state index in [1.165, 1.54) is 4.90 Å². The maximum Gasteiger partial charge on any atom is 0.410 e. The molecule has 5 amide bonds. The van der Waals surface area contributed by atoms with Crippen molar-refractivity contribution in [1.82, 2.24) is 25.2 Å². The third-order valence-electron chi connectivity index (χ3n) is 9.44. The molecule has 1 aromatic carbocycles. The quantitative estimate of drug-likeness (QED) is 0.395. The first-order valence-electron chi connectivity index (χ1n) is 17.5. The molecule has 3 aliphatic heterocycles. The minimum atomic E-state index is -1.72. The average molecular weight is 714 g/mol. The van der Waals surface area contributed by atoms with Crippen molar-refractivity contribution in [1.29, 1.82) is 0 Å². The second-order valence-corrected chi connectivity index (χ2v) is 17.7. The van der Waals surface area contributed by atoms with Gasteiger partial charge < -0.3 is 25.0 Å². The summed E-state index contributed by atoms with van der Waals surface area (Å²) in [6.07, 6.45) is 5.36. The Hall–Kier alpha value is -3.94. The number of hydrogen-bond acceptors (Lipinski definition) is 8. The standard InChI is InChI=1S/C36H51N5O8S/c1-34(2,3)49-32(45)37-27-17-11-9-7-8-10-16-25-19-36(25,31(44)39-50(47)35(4,5)6)38-29(42)28-18-26(22-41(28)30(27)43)48-33(46)40-20-23-14-12-13-15-24(23)21-40/h10,12-16,25-28H,7-9,11,17-22H2,1-6H3,(H,37,45)(H,38,42)(H,39,44)/t25-,26-,27+,28+,36-,50-/m1/s1. The average Bonchev–Trinajstić information content (AvgIpc) is 3.33. The molecular formula is C36H51N5O8S. The van der Waals surface area contributed by atoms with Gasteiger partial charge in [-0.3, -0.25) is 24.0 Å². The zero-order valence-electron chi connectivity index (χ0n) is 29.9. The molecule has 3 N–H and O–H groups in total. The van der Waals surface area contributed by atoms with Crippen LogP contribution >= 0.6 is 0 Å². The number of nitrogens with one attached hydrogen (secondary N) is 3. The van der Waals surface area contributed by atoms with E-state index in [0.717, 1.165) is 30.4 Å². The Morgan fingerprint density at radius 3 is 2.32 bits per heavy atom. The lowest BCUT2D eigenvalue weighted by Crippen LogP contribution is -2.58. The molecule has 1 aliphatic carbocycles. The van der Waals surface area contributed by atoms with Crippen LogP contribution in [-0.2, 0) is 47.9 Å². The summed E-state index contributed by atoms with van der Waals surface area (Å²) in [5, 5.41) is 5.64. The van der Waals surface area contributed by atoms with Crippen LogP contribution in [0.4, 0.5) is 9.59 Å². The van der Waals surface area contributed by atoms with Gasteiger partial charge in [0.25, 0.3) is 5.91 Å². The zero-order valence-corrected chi connectivity index (χ0v) is 30.7. The Labute approximate surface area is 296 Å². The molecule has 2 fully saturated rings. The summed E-state index contributed by atoms with van der Waals surface area (Å²) in [4.78, 5) is 71.4. The number of allylic oxidation sites excluding steroid dienone is 1. The van der Waals surface area contributed by atoms with Gasteiger partial charge in [0, 0.05) is 25.4 Å². The largest absolute Gasteiger partial charge is 0.444 e. The van der Waals surface area contributed by atoms with Crippen LogP contribution in [0, 0.1) is 5.92 Å². The van der Waals surface area contributed by atoms with Crippen molar-refractivity contribution in [3.05, 3.63) is 47.5 Å². The van der Waals surface area contributed by atoms with Gasteiger partial charge in [0.05, 0.1) is 11.3 Å². The van der Waals surface area contributed by atoms with E-state index in [2.05, 4.69) is 15.4 Å². The molecule has 14 heteroatoms. The van der Waals surface area contributed by atoms with E-state index in [1.54, 1.807) is 46.4 Å². The Balaban J connectivity index is 1.40. The summed E-state index contributed by atoms with van der Waals surface area (Å²) in [5.74, 6) is -1.99. The van der Waals surface area contributed by atoms with Crippen LogP contribution in [0.25, 0.3) is 0 Å². The smallest absolute Gasteiger partial charge is 0.410 e. The monoisotopic (exact) mass is 713 g/mol. The molecule has 1 saturated carbocycles. The molecule has 6 atom stereocenters.